The molecule has 4 N–H and O–H groups in total. The zero-order valence-corrected chi connectivity index (χ0v) is 12.4. The van der Waals surface area contributed by atoms with Crippen LogP contribution in [0.3, 0.4) is 0 Å². The van der Waals surface area contributed by atoms with Crippen molar-refractivity contribution in [1.29, 1.82) is 0 Å². The average molecular weight is 284 g/mol. The van der Waals surface area contributed by atoms with Crippen LogP contribution in [0.4, 0.5) is 0 Å². The quantitative estimate of drug-likeness (QED) is 0.730. The lowest BCUT2D eigenvalue weighted by molar-refractivity contribution is 0.306. The van der Waals surface area contributed by atoms with E-state index in [0.717, 1.165) is 37.1 Å². The van der Waals surface area contributed by atoms with Crippen LogP contribution >= 0.6 is 0 Å². The smallest absolute Gasteiger partial charge is 0.119 e. The van der Waals surface area contributed by atoms with Gasteiger partial charge in [-0.15, -0.1) is 0 Å². The minimum Gasteiger partial charge on any atom is -0.489 e. The van der Waals surface area contributed by atoms with Crippen molar-refractivity contribution in [2.75, 3.05) is 6.54 Å². The summed E-state index contributed by atoms with van der Waals surface area (Å²) in [5.41, 5.74) is 14.0. The lowest BCUT2D eigenvalue weighted by Gasteiger charge is -2.13. The highest BCUT2D eigenvalue weighted by atomic mass is 16.5. The third-order valence-corrected chi connectivity index (χ3v) is 3.53. The maximum atomic E-state index is 6.17. The first kappa shape index (κ1) is 15.5. The van der Waals surface area contributed by atoms with Gasteiger partial charge >= 0.3 is 0 Å². The molecule has 0 aliphatic carbocycles. The molecule has 2 aromatic rings. The first-order valence-corrected chi connectivity index (χ1v) is 7.52. The van der Waals surface area contributed by atoms with E-state index in [2.05, 4.69) is 12.1 Å². The molecule has 112 valence electrons. The van der Waals surface area contributed by atoms with Crippen LogP contribution in [0, 0.1) is 0 Å². The van der Waals surface area contributed by atoms with E-state index in [0.29, 0.717) is 6.61 Å². The van der Waals surface area contributed by atoms with Gasteiger partial charge in [0.2, 0.25) is 0 Å². The lowest BCUT2D eigenvalue weighted by atomic mass is 10.0. The Balaban J connectivity index is 1.84. The summed E-state index contributed by atoms with van der Waals surface area (Å²) in [6, 6.07) is 18.3. The van der Waals surface area contributed by atoms with Crippen LogP contribution in [0.25, 0.3) is 0 Å². The predicted molar refractivity (Wildman–Crippen MR) is 87.0 cm³/mol. The van der Waals surface area contributed by atoms with E-state index >= 15 is 0 Å². The van der Waals surface area contributed by atoms with E-state index in [4.69, 9.17) is 16.2 Å². The molecule has 21 heavy (non-hydrogen) atoms. The molecule has 2 rings (SSSR count). The molecule has 0 radical (unpaired) electrons. The Bertz CT molecular complexity index is 511. The van der Waals surface area contributed by atoms with Crippen LogP contribution in [-0.2, 0) is 6.61 Å². The first-order valence-electron chi connectivity index (χ1n) is 7.52. The van der Waals surface area contributed by atoms with E-state index in [-0.39, 0.29) is 6.04 Å². The van der Waals surface area contributed by atoms with Crippen LogP contribution in [0.5, 0.6) is 5.75 Å². The zero-order valence-electron chi connectivity index (χ0n) is 12.4. The molecule has 0 fully saturated rings. The second-order valence-electron chi connectivity index (χ2n) is 5.23. The van der Waals surface area contributed by atoms with Crippen molar-refractivity contribution in [1.82, 2.24) is 0 Å². The number of ether oxygens (including phenoxy) is 1. The highest BCUT2D eigenvalue weighted by Crippen LogP contribution is 2.20. The summed E-state index contributed by atoms with van der Waals surface area (Å²) in [6.45, 7) is 1.32. The summed E-state index contributed by atoms with van der Waals surface area (Å²) < 4.78 is 5.77. The van der Waals surface area contributed by atoms with Gasteiger partial charge in [0.05, 0.1) is 0 Å². The molecule has 0 aromatic heterocycles. The third-order valence-electron chi connectivity index (χ3n) is 3.53. The number of unbranched alkanes of at least 4 members (excludes halogenated alkanes) is 1. The van der Waals surface area contributed by atoms with Gasteiger partial charge in [-0.3, -0.25) is 0 Å². The Labute approximate surface area is 126 Å². The van der Waals surface area contributed by atoms with Gasteiger partial charge in [0.1, 0.15) is 12.4 Å². The highest BCUT2D eigenvalue weighted by Gasteiger charge is 2.05. The molecule has 2 aromatic carbocycles. The van der Waals surface area contributed by atoms with E-state index < -0.39 is 0 Å². The first-order chi connectivity index (χ1) is 10.3. The molecule has 0 unspecified atom stereocenters. The van der Waals surface area contributed by atoms with E-state index in [1.807, 2.05) is 42.5 Å². The van der Waals surface area contributed by atoms with E-state index in [1.54, 1.807) is 0 Å². The largest absolute Gasteiger partial charge is 0.489 e. The molecule has 0 aliphatic rings. The summed E-state index contributed by atoms with van der Waals surface area (Å²) in [6.07, 6.45) is 3.08. The van der Waals surface area contributed by atoms with Gasteiger partial charge in [0.25, 0.3) is 0 Å². The maximum absolute atomic E-state index is 6.17. The topological polar surface area (TPSA) is 61.3 Å². The van der Waals surface area contributed by atoms with Crippen LogP contribution in [0.2, 0.25) is 0 Å². The Hall–Kier alpha value is -1.84. The zero-order chi connectivity index (χ0) is 14.9. The Morgan fingerprint density at radius 3 is 2.29 bits per heavy atom. The SMILES string of the molecule is NCCCC[C@@H](N)c1ccc(OCc2ccccc2)cc1. The number of benzene rings is 2. The minimum atomic E-state index is 0.0831. The summed E-state index contributed by atoms with van der Waals surface area (Å²) in [7, 11) is 0. The van der Waals surface area contributed by atoms with Gasteiger partial charge in [0.15, 0.2) is 0 Å². The Kier molecular flexibility index (Phi) is 6.25. The number of hydrogen-bond acceptors (Lipinski definition) is 3. The molecule has 0 aliphatic heterocycles. The van der Waals surface area contributed by atoms with Gasteiger partial charge in [-0.1, -0.05) is 48.9 Å². The minimum absolute atomic E-state index is 0.0831. The monoisotopic (exact) mass is 284 g/mol. The van der Waals surface area contributed by atoms with Crippen LogP contribution in [-0.4, -0.2) is 6.54 Å². The molecule has 0 heterocycles. The Morgan fingerprint density at radius 1 is 0.905 bits per heavy atom. The van der Waals surface area contributed by atoms with Crippen molar-refractivity contribution < 1.29 is 4.74 Å². The van der Waals surface area contributed by atoms with Gasteiger partial charge < -0.3 is 16.2 Å². The van der Waals surface area contributed by atoms with Gasteiger partial charge in [-0.25, -0.2) is 0 Å². The summed E-state index contributed by atoms with van der Waals surface area (Å²) in [5.74, 6) is 0.872. The van der Waals surface area contributed by atoms with Crippen LogP contribution < -0.4 is 16.2 Å². The highest BCUT2D eigenvalue weighted by molar-refractivity contribution is 5.29. The predicted octanol–water partition coefficient (Wildman–Crippen LogP) is 3.39. The van der Waals surface area contributed by atoms with Gasteiger partial charge in [-0.05, 0) is 42.6 Å². The van der Waals surface area contributed by atoms with Crippen molar-refractivity contribution in [3.05, 3.63) is 65.7 Å². The molecule has 1 atom stereocenters. The maximum Gasteiger partial charge on any atom is 0.119 e. The third kappa shape index (κ3) is 5.21. The molecule has 0 saturated carbocycles. The van der Waals surface area contributed by atoms with Crippen molar-refractivity contribution >= 4 is 0 Å². The summed E-state index contributed by atoms with van der Waals surface area (Å²) in [4.78, 5) is 0. The summed E-state index contributed by atoms with van der Waals surface area (Å²) in [5, 5.41) is 0. The van der Waals surface area contributed by atoms with Crippen molar-refractivity contribution in [2.45, 2.75) is 31.9 Å². The second kappa shape index (κ2) is 8.45. The van der Waals surface area contributed by atoms with Crippen molar-refractivity contribution in [3.8, 4) is 5.75 Å². The van der Waals surface area contributed by atoms with Gasteiger partial charge in [0, 0.05) is 6.04 Å². The molecule has 3 nitrogen and oxygen atoms in total. The normalized spacial score (nSPS) is 12.1. The Morgan fingerprint density at radius 2 is 1.62 bits per heavy atom. The van der Waals surface area contributed by atoms with Crippen LogP contribution in [0.1, 0.15) is 36.4 Å². The number of nitrogens with two attached hydrogens (primary N) is 2. The fourth-order valence-corrected chi connectivity index (χ4v) is 2.23. The van der Waals surface area contributed by atoms with Crippen LogP contribution in [0.15, 0.2) is 54.6 Å². The average Bonchev–Trinajstić information content (AvgIpc) is 2.54. The number of rotatable bonds is 8. The molecular weight excluding hydrogens is 260 g/mol. The lowest BCUT2D eigenvalue weighted by Crippen LogP contribution is -2.11. The molecule has 0 spiro atoms. The molecule has 0 amide bonds. The standard InChI is InChI=1S/C18H24N2O/c19-13-5-4-8-18(20)16-9-11-17(12-10-16)21-14-15-6-2-1-3-7-15/h1-3,6-7,9-12,18H,4-5,8,13-14,19-20H2/t18-/m1/s1. The number of hydrogen-bond donors (Lipinski definition) is 2. The molecule has 0 saturated heterocycles. The van der Waals surface area contributed by atoms with Crippen molar-refractivity contribution in [2.24, 2.45) is 11.5 Å². The molecular formula is C18H24N2O. The van der Waals surface area contributed by atoms with Crippen molar-refractivity contribution in [3.63, 3.8) is 0 Å². The summed E-state index contributed by atoms with van der Waals surface area (Å²) >= 11 is 0. The second-order valence-corrected chi connectivity index (χ2v) is 5.23. The molecule has 0 bridgehead atoms. The fraction of sp³-hybridized carbons (Fsp3) is 0.333. The fourth-order valence-electron chi connectivity index (χ4n) is 2.23. The molecule has 3 heteroatoms. The van der Waals surface area contributed by atoms with Gasteiger partial charge in [-0.2, -0.15) is 0 Å². The van der Waals surface area contributed by atoms with E-state index in [1.165, 1.54) is 5.56 Å². The van der Waals surface area contributed by atoms with E-state index in [9.17, 15) is 0 Å².